The third kappa shape index (κ3) is 4.95. The zero-order valence-electron chi connectivity index (χ0n) is 20.1. The molecule has 0 bridgehead atoms. The van der Waals surface area contributed by atoms with E-state index in [0.717, 1.165) is 30.4 Å². The lowest BCUT2D eigenvalue weighted by Gasteiger charge is -2.25. The molecule has 0 radical (unpaired) electrons. The largest absolute Gasteiger partial charge is 0.453 e. The molecule has 0 saturated carbocycles. The number of nitrogens with one attached hydrogen (secondary N) is 1. The number of rotatable bonds is 5. The predicted molar refractivity (Wildman–Crippen MR) is 131 cm³/mol. The minimum absolute atomic E-state index is 0.0712. The highest BCUT2D eigenvalue weighted by Crippen LogP contribution is 2.32. The molecule has 0 spiro atoms. The standard InChI is InChI=1S/C26H26F3N7O/c27-26(28,29)24-33-25(36(34-24)23-5-3-4-21(32-23)22-12-13-30-37-22)31-19-9-6-17-7-10-20(11-8-18(17)16-19)35-14-1-2-15-35/h3-6,9,12-13,16,20H,1-2,7-8,10-11,14-15H2,(H,31,33,34). The van der Waals surface area contributed by atoms with Crippen molar-refractivity contribution < 1.29 is 17.7 Å². The summed E-state index contributed by atoms with van der Waals surface area (Å²) in [6.45, 7) is 2.35. The van der Waals surface area contributed by atoms with E-state index in [4.69, 9.17) is 4.52 Å². The zero-order valence-corrected chi connectivity index (χ0v) is 20.1. The van der Waals surface area contributed by atoms with Crippen molar-refractivity contribution in [3.8, 4) is 17.3 Å². The Morgan fingerprint density at radius 2 is 1.76 bits per heavy atom. The van der Waals surface area contributed by atoms with E-state index in [1.165, 1.54) is 43.3 Å². The van der Waals surface area contributed by atoms with Gasteiger partial charge in [-0.25, -0.2) is 4.98 Å². The average Bonchev–Trinajstić information content (AvgIpc) is 3.65. The Balaban J connectivity index is 1.29. The lowest BCUT2D eigenvalue weighted by atomic mass is 10.0. The van der Waals surface area contributed by atoms with E-state index in [0.29, 0.717) is 23.2 Å². The molecule has 6 rings (SSSR count). The van der Waals surface area contributed by atoms with E-state index in [1.807, 2.05) is 12.1 Å². The van der Waals surface area contributed by atoms with Gasteiger partial charge >= 0.3 is 6.18 Å². The Labute approximate surface area is 211 Å². The van der Waals surface area contributed by atoms with Gasteiger partial charge in [-0.1, -0.05) is 17.3 Å². The van der Waals surface area contributed by atoms with Crippen molar-refractivity contribution in [2.45, 2.75) is 50.7 Å². The van der Waals surface area contributed by atoms with E-state index in [-0.39, 0.29) is 11.8 Å². The van der Waals surface area contributed by atoms with Gasteiger partial charge in [0.1, 0.15) is 5.69 Å². The second-order valence-electron chi connectivity index (χ2n) is 9.51. The molecular formula is C26H26F3N7O. The summed E-state index contributed by atoms with van der Waals surface area (Å²) in [5.41, 5.74) is 3.60. The summed E-state index contributed by atoms with van der Waals surface area (Å²) in [7, 11) is 0. The van der Waals surface area contributed by atoms with Crippen LogP contribution in [-0.2, 0) is 19.0 Å². The van der Waals surface area contributed by atoms with Crippen LogP contribution in [0.2, 0.25) is 0 Å². The van der Waals surface area contributed by atoms with Gasteiger partial charge in [0.15, 0.2) is 11.6 Å². The summed E-state index contributed by atoms with van der Waals surface area (Å²) in [5.74, 6) is -0.753. The van der Waals surface area contributed by atoms with Gasteiger partial charge in [-0.2, -0.15) is 22.8 Å². The predicted octanol–water partition coefficient (Wildman–Crippen LogP) is 5.42. The number of aryl methyl sites for hydroxylation is 2. The molecule has 0 amide bonds. The normalized spacial score (nSPS) is 18.5. The maximum atomic E-state index is 13.6. The van der Waals surface area contributed by atoms with Crippen LogP contribution in [0.25, 0.3) is 17.3 Å². The fraction of sp³-hybridized carbons (Fsp3) is 0.385. The van der Waals surface area contributed by atoms with E-state index >= 15 is 0 Å². The van der Waals surface area contributed by atoms with Crippen LogP contribution in [0.1, 0.15) is 42.6 Å². The van der Waals surface area contributed by atoms with E-state index in [1.54, 1.807) is 24.3 Å². The topological polar surface area (TPSA) is 84.9 Å². The molecule has 1 aromatic carbocycles. The number of fused-ring (bicyclic) bond motifs is 1. The van der Waals surface area contributed by atoms with Crippen molar-refractivity contribution in [1.29, 1.82) is 0 Å². The minimum Gasteiger partial charge on any atom is -0.355 e. The molecule has 1 N–H and O–H groups in total. The molecule has 192 valence electrons. The molecular weight excluding hydrogens is 483 g/mol. The minimum atomic E-state index is -4.71. The first-order valence-electron chi connectivity index (χ1n) is 12.5. The summed E-state index contributed by atoms with van der Waals surface area (Å²) in [5, 5.41) is 10.5. The molecule has 1 atom stereocenters. The first-order valence-corrected chi connectivity index (χ1v) is 12.5. The molecule has 1 saturated heterocycles. The third-order valence-electron chi connectivity index (χ3n) is 7.12. The number of hydrogen-bond acceptors (Lipinski definition) is 7. The molecule has 1 aliphatic carbocycles. The number of likely N-dealkylation sites (tertiary alicyclic amines) is 1. The SMILES string of the molecule is FC(F)(F)c1nc(Nc2ccc3c(c2)CCC(N2CCCC2)CC3)n(-c2cccc(-c3ccno3)n2)n1. The van der Waals surface area contributed by atoms with E-state index in [9.17, 15) is 13.2 Å². The van der Waals surface area contributed by atoms with Gasteiger partial charge < -0.3 is 14.7 Å². The third-order valence-corrected chi connectivity index (χ3v) is 7.12. The Hall–Kier alpha value is -3.73. The van der Waals surface area contributed by atoms with Crippen molar-refractivity contribution in [1.82, 2.24) is 29.8 Å². The molecule has 3 aromatic heterocycles. The first kappa shape index (κ1) is 23.7. The van der Waals surface area contributed by atoms with Crippen molar-refractivity contribution in [3.63, 3.8) is 0 Å². The van der Waals surface area contributed by atoms with Crippen LogP contribution in [0.3, 0.4) is 0 Å². The maximum Gasteiger partial charge on any atom is 0.453 e. The molecule has 2 aliphatic rings. The number of nitrogens with zero attached hydrogens (tertiary/aromatic N) is 6. The summed E-state index contributed by atoms with van der Waals surface area (Å²) in [6.07, 6.45) is 3.47. The number of aromatic nitrogens is 5. The van der Waals surface area contributed by atoms with Gasteiger partial charge in [0.25, 0.3) is 5.82 Å². The number of anilines is 2. The Kier molecular flexibility index (Phi) is 6.15. The fourth-order valence-electron chi connectivity index (χ4n) is 5.27. The van der Waals surface area contributed by atoms with Crippen molar-refractivity contribution >= 4 is 11.6 Å². The summed E-state index contributed by atoms with van der Waals surface area (Å²) in [6, 6.07) is 13.1. The summed E-state index contributed by atoms with van der Waals surface area (Å²) in [4.78, 5) is 10.8. The average molecular weight is 510 g/mol. The number of alkyl halides is 3. The molecule has 1 unspecified atom stereocenters. The van der Waals surface area contributed by atoms with Crippen LogP contribution in [0, 0.1) is 0 Å². The van der Waals surface area contributed by atoms with E-state index in [2.05, 4.69) is 36.5 Å². The van der Waals surface area contributed by atoms with Crippen LogP contribution in [0.15, 0.2) is 53.2 Å². The zero-order chi connectivity index (χ0) is 25.4. The lowest BCUT2D eigenvalue weighted by Crippen LogP contribution is -2.32. The van der Waals surface area contributed by atoms with Gasteiger partial charge in [0.05, 0.1) is 6.20 Å². The van der Waals surface area contributed by atoms with Crippen molar-refractivity contribution in [3.05, 3.63) is 65.6 Å². The van der Waals surface area contributed by atoms with Crippen LogP contribution in [0.4, 0.5) is 24.8 Å². The summed E-state index contributed by atoms with van der Waals surface area (Å²) >= 11 is 0. The highest BCUT2D eigenvalue weighted by Gasteiger charge is 2.37. The van der Waals surface area contributed by atoms with Crippen LogP contribution < -0.4 is 5.32 Å². The highest BCUT2D eigenvalue weighted by atomic mass is 19.4. The van der Waals surface area contributed by atoms with Crippen molar-refractivity contribution in [2.75, 3.05) is 18.4 Å². The number of halogens is 3. The second-order valence-corrected chi connectivity index (χ2v) is 9.51. The fourth-order valence-corrected chi connectivity index (χ4v) is 5.27. The van der Waals surface area contributed by atoms with Crippen molar-refractivity contribution in [2.24, 2.45) is 0 Å². The number of pyridine rings is 1. The monoisotopic (exact) mass is 509 g/mol. The first-order chi connectivity index (χ1) is 17.9. The van der Waals surface area contributed by atoms with Crippen LogP contribution in [0.5, 0.6) is 0 Å². The second kappa shape index (κ2) is 9.62. The molecule has 8 nitrogen and oxygen atoms in total. The van der Waals surface area contributed by atoms with Gasteiger partial charge in [-0.15, -0.1) is 5.10 Å². The van der Waals surface area contributed by atoms with Crippen LogP contribution in [-0.4, -0.2) is 48.9 Å². The smallest absolute Gasteiger partial charge is 0.355 e. The molecule has 4 heterocycles. The summed E-state index contributed by atoms with van der Waals surface area (Å²) < 4.78 is 46.9. The van der Waals surface area contributed by atoms with E-state index < -0.39 is 12.0 Å². The number of benzene rings is 1. The number of hydrogen-bond donors (Lipinski definition) is 1. The van der Waals surface area contributed by atoms with Crippen LogP contribution >= 0.6 is 0 Å². The van der Waals surface area contributed by atoms with Gasteiger partial charge in [0, 0.05) is 17.8 Å². The Bertz CT molecular complexity index is 1380. The molecule has 37 heavy (non-hydrogen) atoms. The molecule has 4 aromatic rings. The Morgan fingerprint density at radius 1 is 0.946 bits per heavy atom. The maximum absolute atomic E-state index is 13.6. The molecule has 1 fully saturated rings. The van der Waals surface area contributed by atoms with Gasteiger partial charge in [0.2, 0.25) is 5.95 Å². The van der Waals surface area contributed by atoms with Gasteiger partial charge in [-0.3, -0.25) is 0 Å². The molecule has 1 aliphatic heterocycles. The van der Waals surface area contributed by atoms with Gasteiger partial charge in [-0.05, 0) is 87.0 Å². The Morgan fingerprint density at radius 3 is 2.51 bits per heavy atom. The quantitative estimate of drug-likeness (QED) is 0.360. The molecule has 11 heteroatoms. The lowest BCUT2D eigenvalue weighted by molar-refractivity contribution is -0.144. The highest BCUT2D eigenvalue weighted by molar-refractivity contribution is 5.59.